The highest BCUT2D eigenvalue weighted by Gasteiger charge is 2.17. The molecule has 2 N–H and O–H groups in total. The molecule has 0 aliphatic carbocycles. The van der Waals surface area contributed by atoms with E-state index in [0.717, 1.165) is 16.7 Å². The minimum atomic E-state index is -0.388. The van der Waals surface area contributed by atoms with Gasteiger partial charge in [0.15, 0.2) is 0 Å². The topological polar surface area (TPSA) is 137 Å². The normalized spacial score (nSPS) is 12.2. The van der Waals surface area contributed by atoms with Crippen LogP contribution in [0.2, 0.25) is 0 Å². The van der Waals surface area contributed by atoms with Crippen LogP contribution < -0.4 is 5.32 Å². The number of nitrogens with zero attached hydrogens (tertiary/aromatic N) is 8. The first kappa shape index (κ1) is 22.2. The van der Waals surface area contributed by atoms with Gasteiger partial charge in [0.25, 0.3) is 5.91 Å². The van der Waals surface area contributed by atoms with Gasteiger partial charge in [-0.2, -0.15) is 5.10 Å². The molecule has 33 heavy (non-hydrogen) atoms. The zero-order valence-electron chi connectivity index (χ0n) is 18.8. The Bertz CT molecular complexity index is 1280. The molecule has 0 saturated carbocycles. The van der Waals surface area contributed by atoms with E-state index >= 15 is 0 Å². The SMILES string of the molecule is Cc1cnc(C(=O)Nc2cccc(-c3nnnn3[C@H](C)CO)n2)cc1-c1cnn(C(C)C)c1. The van der Waals surface area contributed by atoms with Crippen molar-refractivity contribution in [2.45, 2.75) is 39.8 Å². The number of aryl methyl sites for hydroxylation is 1. The molecule has 0 spiro atoms. The van der Waals surface area contributed by atoms with E-state index in [0.29, 0.717) is 17.3 Å². The van der Waals surface area contributed by atoms with Crippen LogP contribution in [-0.4, -0.2) is 57.6 Å². The molecule has 0 aromatic carbocycles. The minimum Gasteiger partial charge on any atom is -0.394 e. The van der Waals surface area contributed by atoms with E-state index < -0.39 is 0 Å². The lowest BCUT2D eigenvalue weighted by molar-refractivity contribution is 0.102. The van der Waals surface area contributed by atoms with Gasteiger partial charge in [0.2, 0.25) is 5.82 Å². The Morgan fingerprint density at radius 3 is 2.76 bits per heavy atom. The fourth-order valence-electron chi connectivity index (χ4n) is 3.26. The number of hydrogen-bond donors (Lipinski definition) is 2. The van der Waals surface area contributed by atoms with Gasteiger partial charge < -0.3 is 10.4 Å². The van der Waals surface area contributed by atoms with Gasteiger partial charge in [0, 0.05) is 24.0 Å². The van der Waals surface area contributed by atoms with Gasteiger partial charge in [-0.3, -0.25) is 14.5 Å². The zero-order chi connectivity index (χ0) is 23.5. The molecule has 4 aromatic heterocycles. The average molecular weight is 448 g/mol. The maximum atomic E-state index is 12.9. The molecule has 0 saturated heterocycles. The molecule has 4 aromatic rings. The Balaban J connectivity index is 1.58. The molecule has 0 unspecified atom stereocenters. The first-order chi connectivity index (χ1) is 15.9. The van der Waals surface area contributed by atoms with E-state index in [2.05, 4.69) is 49.8 Å². The zero-order valence-corrected chi connectivity index (χ0v) is 18.8. The van der Waals surface area contributed by atoms with E-state index in [1.807, 2.05) is 17.8 Å². The summed E-state index contributed by atoms with van der Waals surface area (Å²) in [6.07, 6.45) is 5.41. The highest BCUT2D eigenvalue weighted by Crippen LogP contribution is 2.25. The van der Waals surface area contributed by atoms with E-state index in [4.69, 9.17) is 0 Å². The Hall–Kier alpha value is -3.99. The van der Waals surface area contributed by atoms with Crippen LogP contribution in [0, 0.1) is 6.92 Å². The molecule has 4 heterocycles. The van der Waals surface area contributed by atoms with Crippen LogP contribution in [0.15, 0.2) is 42.9 Å². The van der Waals surface area contributed by atoms with Crippen LogP contribution in [0.5, 0.6) is 0 Å². The van der Waals surface area contributed by atoms with Gasteiger partial charge in [-0.1, -0.05) is 6.07 Å². The van der Waals surface area contributed by atoms with Crippen LogP contribution in [-0.2, 0) is 0 Å². The summed E-state index contributed by atoms with van der Waals surface area (Å²) >= 11 is 0. The van der Waals surface area contributed by atoms with Gasteiger partial charge in [0.1, 0.15) is 17.2 Å². The smallest absolute Gasteiger partial charge is 0.275 e. The molecule has 0 aliphatic heterocycles. The minimum absolute atomic E-state index is 0.119. The Labute approximate surface area is 190 Å². The van der Waals surface area contributed by atoms with Crippen LogP contribution in [0.3, 0.4) is 0 Å². The second kappa shape index (κ2) is 9.25. The van der Waals surface area contributed by atoms with Crippen LogP contribution in [0.1, 0.15) is 48.9 Å². The number of carbonyl (C=O) groups is 1. The second-order valence-electron chi connectivity index (χ2n) is 8.03. The van der Waals surface area contributed by atoms with Crippen molar-refractivity contribution in [1.29, 1.82) is 0 Å². The quantitative estimate of drug-likeness (QED) is 0.441. The van der Waals surface area contributed by atoms with Crippen molar-refractivity contribution in [2.24, 2.45) is 0 Å². The molecule has 0 radical (unpaired) electrons. The van der Waals surface area contributed by atoms with Crippen molar-refractivity contribution in [3.8, 4) is 22.6 Å². The van der Waals surface area contributed by atoms with E-state index in [9.17, 15) is 9.90 Å². The van der Waals surface area contributed by atoms with Crippen molar-refractivity contribution < 1.29 is 9.90 Å². The molecule has 1 atom stereocenters. The van der Waals surface area contributed by atoms with Crippen LogP contribution in [0.4, 0.5) is 5.82 Å². The Kier molecular flexibility index (Phi) is 6.22. The van der Waals surface area contributed by atoms with E-state index in [1.165, 1.54) is 4.68 Å². The van der Waals surface area contributed by atoms with Gasteiger partial charge in [-0.15, -0.1) is 5.10 Å². The van der Waals surface area contributed by atoms with Crippen molar-refractivity contribution in [3.05, 3.63) is 54.1 Å². The molecule has 11 nitrogen and oxygen atoms in total. The Morgan fingerprint density at radius 1 is 1.21 bits per heavy atom. The molecule has 4 rings (SSSR count). The molecule has 11 heteroatoms. The fraction of sp³-hybridized carbons (Fsp3) is 0.318. The third kappa shape index (κ3) is 4.62. The standard InChI is InChI=1S/C22H25N9O2/c1-13(2)30-11-16(10-24-30)17-8-19(23-9-14(17)3)22(33)26-20-7-5-6-18(25-20)21-27-28-29-31(21)15(4)12-32/h5-11,13,15,32H,12H2,1-4H3,(H,25,26,33)/t15-/m1/s1. The predicted octanol–water partition coefficient (Wildman–Crippen LogP) is 2.69. The highest BCUT2D eigenvalue weighted by atomic mass is 16.3. The van der Waals surface area contributed by atoms with Crippen molar-refractivity contribution in [1.82, 2.24) is 40.0 Å². The lowest BCUT2D eigenvalue weighted by Gasteiger charge is -2.11. The fourth-order valence-corrected chi connectivity index (χ4v) is 3.26. The van der Waals surface area contributed by atoms with E-state index in [-0.39, 0.29) is 30.3 Å². The predicted molar refractivity (Wildman–Crippen MR) is 121 cm³/mol. The highest BCUT2D eigenvalue weighted by molar-refractivity contribution is 6.03. The van der Waals surface area contributed by atoms with Gasteiger partial charge in [-0.05, 0) is 67.4 Å². The molecule has 0 aliphatic rings. The number of aliphatic hydroxyl groups is 1. The number of anilines is 1. The van der Waals surface area contributed by atoms with Gasteiger partial charge in [-0.25, -0.2) is 9.67 Å². The van der Waals surface area contributed by atoms with E-state index in [1.54, 1.807) is 43.6 Å². The number of aliphatic hydroxyl groups excluding tert-OH is 1. The first-order valence-electron chi connectivity index (χ1n) is 10.6. The van der Waals surface area contributed by atoms with Gasteiger partial charge >= 0.3 is 0 Å². The summed E-state index contributed by atoms with van der Waals surface area (Å²) in [6.45, 7) is 7.72. The largest absolute Gasteiger partial charge is 0.394 e. The first-order valence-corrected chi connectivity index (χ1v) is 10.6. The molecular formula is C22H25N9O2. The molecule has 0 fully saturated rings. The summed E-state index contributed by atoms with van der Waals surface area (Å²) in [5.74, 6) is 0.339. The summed E-state index contributed by atoms with van der Waals surface area (Å²) in [4.78, 5) is 21.7. The molecule has 170 valence electrons. The second-order valence-corrected chi connectivity index (χ2v) is 8.03. The summed E-state index contributed by atoms with van der Waals surface area (Å²) in [5, 5.41) is 28.2. The number of amides is 1. The van der Waals surface area contributed by atoms with Crippen molar-refractivity contribution >= 4 is 11.7 Å². The number of aromatic nitrogens is 8. The molecule has 1 amide bonds. The Morgan fingerprint density at radius 2 is 2.03 bits per heavy atom. The van der Waals surface area contributed by atoms with Gasteiger partial charge in [0.05, 0.1) is 18.8 Å². The number of tetrazole rings is 1. The average Bonchev–Trinajstić information content (AvgIpc) is 3.49. The number of carbonyl (C=O) groups excluding carboxylic acids is 1. The maximum Gasteiger partial charge on any atom is 0.275 e. The molecular weight excluding hydrogens is 422 g/mol. The van der Waals surface area contributed by atoms with Crippen LogP contribution >= 0.6 is 0 Å². The van der Waals surface area contributed by atoms with Crippen molar-refractivity contribution in [3.63, 3.8) is 0 Å². The lowest BCUT2D eigenvalue weighted by atomic mass is 10.0. The summed E-state index contributed by atoms with van der Waals surface area (Å²) in [6, 6.07) is 6.83. The monoisotopic (exact) mass is 447 g/mol. The summed E-state index contributed by atoms with van der Waals surface area (Å²) in [7, 11) is 0. The van der Waals surface area contributed by atoms with Crippen LogP contribution in [0.25, 0.3) is 22.6 Å². The summed E-state index contributed by atoms with van der Waals surface area (Å²) in [5.41, 5.74) is 3.49. The third-order valence-electron chi connectivity index (χ3n) is 5.17. The number of hydrogen-bond acceptors (Lipinski definition) is 8. The van der Waals surface area contributed by atoms with Crippen molar-refractivity contribution in [2.75, 3.05) is 11.9 Å². The number of rotatable bonds is 7. The molecule has 0 bridgehead atoms. The summed E-state index contributed by atoms with van der Waals surface area (Å²) < 4.78 is 3.36. The number of nitrogens with one attached hydrogen (secondary N) is 1. The third-order valence-corrected chi connectivity index (χ3v) is 5.17. The maximum absolute atomic E-state index is 12.9. The lowest BCUT2D eigenvalue weighted by Crippen LogP contribution is -2.16. The number of pyridine rings is 2.